The van der Waals surface area contributed by atoms with Gasteiger partial charge in [-0.2, -0.15) is 0 Å². The third-order valence-electron chi connectivity index (χ3n) is 9.39. The Hall–Kier alpha value is -2.51. The fraction of sp³-hybridized carbons (Fsp3) is 0.576. The Morgan fingerprint density at radius 2 is 1.56 bits per heavy atom. The number of hydrogen-bond acceptors (Lipinski definition) is 3. The Balaban J connectivity index is 1.39. The van der Waals surface area contributed by atoms with Crippen LogP contribution in [0.5, 0.6) is 0 Å². The second-order valence-electron chi connectivity index (χ2n) is 13.0. The fourth-order valence-electron chi connectivity index (χ4n) is 7.00. The van der Waals surface area contributed by atoms with E-state index in [9.17, 15) is 14.0 Å². The van der Waals surface area contributed by atoms with Crippen LogP contribution in [0.3, 0.4) is 0 Å². The van der Waals surface area contributed by atoms with Gasteiger partial charge in [0.05, 0.1) is 12.0 Å². The van der Waals surface area contributed by atoms with Crippen LogP contribution in [0.1, 0.15) is 82.4 Å². The number of hydrogen-bond donors (Lipinski definition) is 0. The van der Waals surface area contributed by atoms with Gasteiger partial charge in [0.25, 0.3) is 0 Å². The summed E-state index contributed by atoms with van der Waals surface area (Å²) in [5.41, 5.74) is 1.27. The van der Waals surface area contributed by atoms with Crippen molar-refractivity contribution < 1.29 is 18.4 Å². The van der Waals surface area contributed by atoms with Crippen LogP contribution < -0.4 is 0 Å². The lowest BCUT2D eigenvalue weighted by atomic mass is 9.87. The molecule has 1 saturated carbocycles. The van der Waals surface area contributed by atoms with E-state index < -0.39 is 17.6 Å². The van der Waals surface area contributed by atoms with Crippen molar-refractivity contribution in [1.29, 1.82) is 0 Å². The number of carbonyl (C=O) groups excluding carboxylic acids is 2. The van der Waals surface area contributed by atoms with Gasteiger partial charge in [0.2, 0.25) is 11.8 Å². The maximum Gasteiger partial charge on any atom is 0.227 e. The summed E-state index contributed by atoms with van der Waals surface area (Å²) in [6, 6.07) is 11.4. The SMILES string of the molecule is CC(C)(C)N1C[C@@H](C(=O)N2CCC[C@@H](c3ccc(Cl)cc3)N(C(=O)C3CCCC3)CC2)[C@H](c2ccc(F)cc2F)C1. The van der Waals surface area contributed by atoms with E-state index >= 15 is 4.39 Å². The summed E-state index contributed by atoms with van der Waals surface area (Å²) in [6.07, 6.45) is 5.49. The molecule has 8 heteroatoms. The molecule has 222 valence electrons. The van der Waals surface area contributed by atoms with Crippen molar-refractivity contribution >= 4 is 23.4 Å². The van der Waals surface area contributed by atoms with Gasteiger partial charge in [-0.3, -0.25) is 14.5 Å². The third-order valence-corrected chi connectivity index (χ3v) is 9.65. The summed E-state index contributed by atoms with van der Waals surface area (Å²) in [7, 11) is 0. The van der Waals surface area contributed by atoms with E-state index in [2.05, 4.69) is 25.7 Å². The Kier molecular flexibility index (Phi) is 9.05. The zero-order valence-corrected chi connectivity index (χ0v) is 25.2. The summed E-state index contributed by atoms with van der Waals surface area (Å²) < 4.78 is 28.8. The molecule has 1 aliphatic carbocycles. The Bertz CT molecular complexity index is 1240. The zero-order chi connectivity index (χ0) is 29.3. The number of benzene rings is 2. The van der Waals surface area contributed by atoms with Gasteiger partial charge in [0, 0.05) is 61.2 Å². The average molecular weight is 586 g/mol. The molecule has 0 radical (unpaired) electrons. The lowest BCUT2D eigenvalue weighted by molar-refractivity contribution is -0.143. The largest absolute Gasteiger partial charge is 0.341 e. The number of likely N-dealkylation sites (tertiary alicyclic amines) is 1. The van der Waals surface area contributed by atoms with Crippen LogP contribution in [0.15, 0.2) is 42.5 Å². The summed E-state index contributed by atoms with van der Waals surface area (Å²) in [5, 5.41) is 0.665. The minimum atomic E-state index is -0.620. The quantitative estimate of drug-likeness (QED) is 0.396. The van der Waals surface area contributed by atoms with Crippen LogP contribution in [-0.4, -0.2) is 64.8 Å². The summed E-state index contributed by atoms with van der Waals surface area (Å²) in [4.78, 5) is 34.1. The minimum absolute atomic E-state index is 0.0105. The van der Waals surface area contributed by atoms with Crippen molar-refractivity contribution in [2.24, 2.45) is 11.8 Å². The van der Waals surface area contributed by atoms with Crippen LogP contribution >= 0.6 is 11.6 Å². The second kappa shape index (κ2) is 12.4. The summed E-state index contributed by atoms with van der Waals surface area (Å²) in [5.74, 6) is -1.83. The molecule has 5 rings (SSSR count). The molecular weight excluding hydrogens is 544 g/mol. The van der Waals surface area contributed by atoms with Crippen LogP contribution in [-0.2, 0) is 9.59 Å². The van der Waals surface area contributed by atoms with Gasteiger partial charge in [-0.1, -0.05) is 42.6 Å². The maximum atomic E-state index is 15.0. The van der Waals surface area contributed by atoms with Gasteiger partial charge in [-0.25, -0.2) is 8.78 Å². The zero-order valence-electron chi connectivity index (χ0n) is 24.4. The molecule has 0 aromatic heterocycles. The third kappa shape index (κ3) is 6.61. The van der Waals surface area contributed by atoms with Crippen molar-refractivity contribution in [3.05, 3.63) is 70.2 Å². The monoisotopic (exact) mass is 585 g/mol. The first-order chi connectivity index (χ1) is 19.5. The lowest BCUT2D eigenvalue weighted by Gasteiger charge is -2.39. The molecule has 2 aromatic rings. The molecule has 0 bridgehead atoms. The highest BCUT2D eigenvalue weighted by atomic mass is 35.5. The van der Waals surface area contributed by atoms with Gasteiger partial charge in [-0.15, -0.1) is 0 Å². The van der Waals surface area contributed by atoms with Crippen molar-refractivity contribution in [2.45, 2.75) is 76.8 Å². The Morgan fingerprint density at radius 1 is 0.854 bits per heavy atom. The summed E-state index contributed by atoms with van der Waals surface area (Å²) in [6.45, 7) is 8.80. The van der Waals surface area contributed by atoms with E-state index in [4.69, 9.17) is 11.6 Å². The highest BCUT2D eigenvalue weighted by Crippen LogP contribution is 2.39. The molecule has 2 saturated heterocycles. The minimum Gasteiger partial charge on any atom is -0.341 e. The maximum absolute atomic E-state index is 15.0. The number of carbonyl (C=O) groups is 2. The van der Waals surface area contributed by atoms with E-state index in [1.807, 2.05) is 34.1 Å². The predicted octanol–water partition coefficient (Wildman–Crippen LogP) is 6.81. The van der Waals surface area contributed by atoms with Crippen molar-refractivity contribution in [1.82, 2.24) is 14.7 Å². The fourth-order valence-corrected chi connectivity index (χ4v) is 7.13. The van der Waals surface area contributed by atoms with E-state index in [0.717, 1.165) is 50.2 Å². The molecule has 2 aromatic carbocycles. The standard InChI is InChI=1S/C33H42ClF2N3O2/c1-33(2,3)38-20-27(26-15-14-25(35)19-29(26)36)28(21-38)32(41)37-16-6-9-30(22-10-12-24(34)13-11-22)39(18-17-37)31(40)23-7-4-5-8-23/h10-15,19,23,27-28,30H,4-9,16-18,20-21H2,1-3H3/t27-,28+,30-/m0/s1. The number of halogens is 3. The van der Waals surface area contributed by atoms with Crippen LogP contribution in [0.4, 0.5) is 8.78 Å². The summed E-state index contributed by atoms with van der Waals surface area (Å²) >= 11 is 6.17. The first-order valence-electron chi connectivity index (χ1n) is 15.1. The molecule has 5 nitrogen and oxygen atoms in total. The first-order valence-corrected chi connectivity index (χ1v) is 15.5. The van der Waals surface area contributed by atoms with Crippen LogP contribution in [0.25, 0.3) is 0 Å². The molecule has 0 spiro atoms. The molecule has 2 aliphatic heterocycles. The van der Waals surface area contributed by atoms with Gasteiger partial charge < -0.3 is 9.80 Å². The smallest absolute Gasteiger partial charge is 0.227 e. The van der Waals surface area contributed by atoms with Crippen molar-refractivity contribution in [2.75, 3.05) is 32.7 Å². The van der Waals surface area contributed by atoms with E-state index in [-0.39, 0.29) is 35.2 Å². The van der Waals surface area contributed by atoms with Gasteiger partial charge in [0.15, 0.2) is 0 Å². The number of rotatable bonds is 4. The molecule has 3 fully saturated rings. The number of nitrogens with zero attached hydrogens (tertiary/aromatic N) is 3. The normalized spacial score (nSPS) is 24.9. The lowest BCUT2D eigenvalue weighted by Crippen LogP contribution is -2.49. The molecular formula is C33H42ClF2N3O2. The van der Waals surface area contributed by atoms with Gasteiger partial charge in [0.1, 0.15) is 11.6 Å². The average Bonchev–Trinajstić information content (AvgIpc) is 3.60. The second-order valence-corrected chi connectivity index (χ2v) is 13.4. The highest BCUT2D eigenvalue weighted by molar-refractivity contribution is 6.30. The van der Waals surface area contributed by atoms with E-state index in [1.165, 1.54) is 12.1 Å². The highest BCUT2D eigenvalue weighted by Gasteiger charge is 2.45. The van der Waals surface area contributed by atoms with E-state index in [0.29, 0.717) is 43.3 Å². The van der Waals surface area contributed by atoms with Crippen LogP contribution in [0.2, 0.25) is 5.02 Å². The Labute approximate surface area is 247 Å². The topological polar surface area (TPSA) is 43.9 Å². The van der Waals surface area contributed by atoms with Gasteiger partial charge in [-0.05, 0) is 75.8 Å². The Morgan fingerprint density at radius 3 is 2.22 bits per heavy atom. The molecule has 0 N–H and O–H groups in total. The molecule has 2 amide bonds. The predicted molar refractivity (Wildman–Crippen MR) is 158 cm³/mol. The van der Waals surface area contributed by atoms with Crippen LogP contribution in [0, 0.1) is 23.5 Å². The first kappa shape index (κ1) is 30.0. The molecule has 2 heterocycles. The van der Waals surface area contributed by atoms with Crippen molar-refractivity contribution in [3.8, 4) is 0 Å². The van der Waals surface area contributed by atoms with E-state index in [1.54, 1.807) is 0 Å². The van der Waals surface area contributed by atoms with Gasteiger partial charge >= 0.3 is 0 Å². The molecule has 3 atom stereocenters. The molecule has 0 unspecified atom stereocenters. The molecule has 41 heavy (non-hydrogen) atoms. The molecule has 3 aliphatic rings. The van der Waals surface area contributed by atoms with Crippen molar-refractivity contribution in [3.63, 3.8) is 0 Å². The number of amides is 2.